The van der Waals surface area contributed by atoms with Crippen molar-refractivity contribution < 1.29 is 18.7 Å². The standard InChI is InChI=1S/C18H17FN2O3/c1-11-4-3-5-14-16(11)18(24-2,12-6-8-13(19)9-7-12)17(23)21(14)10-15(20)22/h3-9H,10H2,1-2H3,(H2,20,22)/t18-/m0/s1. The Bertz CT molecular complexity index is 820. The van der Waals surface area contributed by atoms with E-state index >= 15 is 0 Å². The van der Waals surface area contributed by atoms with Crippen molar-refractivity contribution in [3.8, 4) is 0 Å². The summed E-state index contributed by atoms with van der Waals surface area (Å²) in [5, 5.41) is 0. The molecule has 1 heterocycles. The zero-order valence-electron chi connectivity index (χ0n) is 13.4. The SMILES string of the molecule is CO[C@]1(c2ccc(F)cc2)C(=O)N(CC(N)=O)c2cccc(C)c21. The summed E-state index contributed by atoms with van der Waals surface area (Å²) in [6, 6.07) is 11.0. The minimum atomic E-state index is -1.43. The van der Waals surface area contributed by atoms with E-state index in [4.69, 9.17) is 10.5 Å². The smallest absolute Gasteiger partial charge is 0.269 e. The fourth-order valence-corrected chi connectivity index (χ4v) is 3.31. The Hall–Kier alpha value is -2.73. The number of methoxy groups -OCH3 is 1. The number of nitrogens with zero attached hydrogens (tertiary/aromatic N) is 1. The van der Waals surface area contributed by atoms with Crippen LogP contribution < -0.4 is 10.6 Å². The first-order valence-corrected chi connectivity index (χ1v) is 7.43. The van der Waals surface area contributed by atoms with Gasteiger partial charge in [0, 0.05) is 12.7 Å². The predicted octanol–water partition coefficient (Wildman–Crippen LogP) is 1.86. The first kappa shape index (κ1) is 16.1. The first-order valence-electron chi connectivity index (χ1n) is 7.43. The number of amides is 2. The lowest BCUT2D eigenvalue weighted by atomic mass is 9.84. The molecule has 1 atom stereocenters. The molecule has 0 unspecified atom stereocenters. The van der Waals surface area contributed by atoms with Crippen LogP contribution in [0, 0.1) is 12.7 Å². The third-order valence-electron chi connectivity index (χ3n) is 4.31. The molecule has 124 valence electrons. The predicted molar refractivity (Wildman–Crippen MR) is 86.9 cm³/mol. The Morgan fingerprint density at radius 3 is 2.50 bits per heavy atom. The third-order valence-corrected chi connectivity index (χ3v) is 4.31. The van der Waals surface area contributed by atoms with Gasteiger partial charge in [-0.25, -0.2) is 4.39 Å². The van der Waals surface area contributed by atoms with E-state index in [1.807, 2.05) is 13.0 Å². The number of fused-ring (bicyclic) bond motifs is 1. The molecule has 1 aliphatic rings. The van der Waals surface area contributed by atoms with Crippen molar-refractivity contribution >= 4 is 17.5 Å². The van der Waals surface area contributed by atoms with Gasteiger partial charge in [0.25, 0.3) is 5.91 Å². The molecule has 5 nitrogen and oxygen atoms in total. The van der Waals surface area contributed by atoms with Crippen LogP contribution in [0.15, 0.2) is 42.5 Å². The van der Waals surface area contributed by atoms with Crippen molar-refractivity contribution in [1.29, 1.82) is 0 Å². The van der Waals surface area contributed by atoms with Crippen LogP contribution in [0.25, 0.3) is 0 Å². The van der Waals surface area contributed by atoms with Gasteiger partial charge in [-0.15, -0.1) is 0 Å². The molecule has 6 heteroatoms. The summed E-state index contributed by atoms with van der Waals surface area (Å²) >= 11 is 0. The average molecular weight is 328 g/mol. The number of carbonyl (C=O) groups excluding carboxylic acids is 2. The van der Waals surface area contributed by atoms with Crippen molar-refractivity contribution in [2.24, 2.45) is 5.73 Å². The van der Waals surface area contributed by atoms with Crippen molar-refractivity contribution in [3.05, 3.63) is 65.0 Å². The van der Waals surface area contributed by atoms with E-state index in [0.29, 0.717) is 16.8 Å². The number of hydrogen-bond acceptors (Lipinski definition) is 3. The number of primary amides is 1. The molecule has 2 N–H and O–H groups in total. The van der Waals surface area contributed by atoms with Crippen LogP contribution in [0.5, 0.6) is 0 Å². The third kappa shape index (κ3) is 2.18. The minimum Gasteiger partial charge on any atom is -0.368 e. The molecule has 0 saturated carbocycles. The lowest BCUT2D eigenvalue weighted by Gasteiger charge is -2.28. The highest BCUT2D eigenvalue weighted by Crippen LogP contribution is 2.48. The van der Waals surface area contributed by atoms with Crippen LogP contribution >= 0.6 is 0 Å². The summed E-state index contributed by atoms with van der Waals surface area (Å²) in [4.78, 5) is 25.9. The number of rotatable bonds is 4. The van der Waals surface area contributed by atoms with Gasteiger partial charge in [0.2, 0.25) is 5.91 Å². The normalized spacial score (nSPS) is 19.5. The van der Waals surface area contributed by atoms with Gasteiger partial charge >= 0.3 is 0 Å². The molecule has 3 rings (SSSR count). The van der Waals surface area contributed by atoms with Crippen LogP contribution in [0.4, 0.5) is 10.1 Å². The summed E-state index contributed by atoms with van der Waals surface area (Å²) in [5.74, 6) is -1.45. The lowest BCUT2D eigenvalue weighted by Crippen LogP contribution is -2.45. The van der Waals surface area contributed by atoms with Crippen LogP contribution in [0.2, 0.25) is 0 Å². The van der Waals surface area contributed by atoms with E-state index in [1.165, 1.54) is 36.3 Å². The molecule has 0 saturated heterocycles. The van der Waals surface area contributed by atoms with Gasteiger partial charge in [-0.05, 0) is 36.2 Å². The molecule has 0 spiro atoms. The Kier molecular flexibility index (Phi) is 3.85. The number of halogens is 1. The molecule has 2 amide bonds. The average Bonchev–Trinajstić information content (AvgIpc) is 2.79. The maximum absolute atomic E-state index is 13.3. The monoisotopic (exact) mass is 328 g/mol. The summed E-state index contributed by atoms with van der Waals surface area (Å²) in [6.45, 7) is 1.61. The van der Waals surface area contributed by atoms with E-state index < -0.39 is 23.2 Å². The van der Waals surface area contributed by atoms with Crippen molar-refractivity contribution in [1.82, 2.24) is 0 Å². The molecule has 0 aromatic heterocycles. The zero-order valence-corrected chi connectivity index (χ0v) is 13.4. The molecule has 0 aliphatic carbocycles. The topological polar surface area (TPSA) is 72.6 Å². The maximum atomic E-state index is 13.3. The largest absolute Gasteiger partial charge is 0.368 e. The van der Waals surface area contributed by atoms with E-state index in [-0.39, 0.29) is 6.54 Å². The Morgan fingerprint density at radius 1 is 1.25 bits per heavy atom. The van der Waals surface area contributed by atoms with Gasteiger partial charge in [0.15, 0.2) is 5.60 Å². The second-order valence-electron chi connectivity index (χ2n) is 5.72. The number of nitrogens with two attached hydrogens (primary N) is 1. The molecular formula is C18H17FN2O3. The Labute approximate surface area is 138 Å². The van der Waals surface area contributed by atoms with Gasteiger partial charge in [-0.2, -0.15) is 0 Å². The highest BCUT2D eigenvalue weighted by Gasteiger charge is 2.53. The van der Waals surface area contributed by atoms with E-state index in [2.05, 4.69) is 0 Å². The van der Waals surface area contributed by atoms with Crippen LogP contribution in [0.1, 0.15) is 16.7 Å². The number of benzene rings is 2. The quantitative estimate of drug-likeness (QED) is 0.931. The Morgan fingerprint density at radius 2 is 1.92 bits per heavy atom. The second kappa shape index (κ2) is 5.72. The molecule has 0 radical (unpaired) electrons. The number of anilines is 1. The summed E-state index contributed by atoms with van der Waals surface area (Å²) < 4.78 is 19.0. The summed E-state index contributed by atoms with van der Waals surface area (Å²) in [7, 11) is 1.42. The number of aryl methyl sites for hydroxylation is 1. The van der Waals surface area contributed by atoms with E-state index in [1.54, 1.807) is 12.1 Å². The van der Waals surface area contributed by atoms with Gasteiger partial charge in [-0.3, -0.25) is 14.5 Å². The van der Waals surface area contributed by atoms with Gasteiger partial charge in [0.1, 0.15) is 12.4 Å². The van der Waals surface area contributed by atoms with Crippen molar-refractivity contribution in [2.75, 3.05) is 18.6 Å². The highest BCUT2D eigenvalue weighted by molar-refractivity contribution is 6.12. The fraction of sp³-hybridized carbons (Fsp3) is 0.222. The molecule has 2 aromatic carbocycles. The fourth-order valence-electron chi connectivity index (χ4n) is 3.31. The van der Waals surface area contributed by atoms with Crippen molar-refractivity contribution in [3.63, 3.8) is 0 Å². The first-order chi connectivity index (χ1) is 11.4. The van der Waals surface area contributed by atoms with Crippen molar-refractivity contribution in [2.45, 2.75) is 12.5 Å². The number of ether oxygens (including phenoxy) is 1. The molecular weight excluding hydrogens is 311 g/mol. The minimum absolute atomic E-state index is 0.248. The molecule has 2 aromatic rings. The van der Waals surface area contributed by atoms with E-state index in [9.17, 15) is 14.0 Å². The maximum Gasteiger partial charge on any atom is 0.269 e. The lowest BCUT2D eigenvalue weighted by molar-refractivity contribution is -0.136. The van der Waals surface area contributed by atoms with Gasteiger partial charge < -0.3 is 10.5 Å². The van der Waals surface area contributed by atoms with E-state index in [0.717, 1.165) is 5.56 Å². The van der Waals surface area contributed by atoms with Gasteiger partial charge in [0.05, 0.1) is 5.69 Å². The zero-order chi connectivity index (χ0) is 17.5. The number of hydrogen-bond donors (Lipinski definition) is 1. The van der Waals surface area contributed by atoms with Crippen LogP contribution in [0.3, 0.4) is 0 Å². The highest BCUT2D eigenvalue weighted by atomic mass is 19.1. The number of carbonyl (C=O) groups is 2. The molecule has 0 bridgehead atoms. The molecule has 24 heavy (non-hydrogen) atoms. The summed E-state index contributed by atoms with van der Waals surface area (Å²) in [6.07, 6.45) is 0. The second-order valence-corrected chi connectivity index (χ2v) is 5.72. The summed E-state index contributed by atoms with van der Waals surface area (Å²) in [5.41, 5.74) is 6.42. The van der Waals surface area contributed by atoms with Gasteiger partial charge in [-0.1, -0.05) is 24.3 Å². The van der Waals surface area contributed by atoms with Crippen LogP contribution in [-0.4, -0.2) is 25.5 Å². The van der Waals surface area contributed by atoms with Crippen LogP contribution in [-0.2, 0) is 19.9 Å². The molecule has 1 aliphatic heterocycles. The molecule has 0 fully saturated rings. The Balaban J connectivity index is 2.29.